The fourth-order valence-corrected chi connectivity index (χ4v) is 4.56. The SMILES string of the molecule is CC1(C2CCCC2)Cc2cc(NCC(=N)N)c(Cl)c(Cl)c2C1=O. The largest absolute Gasteiger partial charge is 0.386 e. The highest BCUT2D eigenvalue weighted by Gasteiger charge is 2.49. The molecule has 23 heavy (non-hydrogen) atoms. The van der Waals surface area contributed by atoms with Crippen LogP contribution in [0.25, 0.3) is 0 Å². The molecule has 4 nitrogen and oxygen atoms in total. The van der Waals surface area contributed by atoms with E-state index in [9.17, 15) is 4.79 Å². The molecule has 1 atom stereocenters. The van der Waals surface area contributed by atoms with Gasteiger partial charge in [-0.05, 0) is 36.8 Å². The second-order valence-corrected chi connectivity index (χ2v) is 7.63. The van der Waals surface area contributed by atoms with Crippen LogP contribution in [-0.4, -0.2) is 18.2 Å². The number of hydrogen-bond acceptors (Lipinski definition) is 3. The van der Waals surface area contributed by atoms with E-state index in [1.165, 1.54) is 12.8 Å². The highest BCUT2D eigenvalue weighted by Crippen LogP contribution is 2.52. The Kier molecular flexibility index (Phi) is 4.32. The van der Waals surface area contributed by atoms with Gasteiger partial charge in [-0.15, -0.1) is 0 Å². The minimum Gasteiger partial charge on any atom is -0.386 e. The zero-order chi connectivity index (χ0) is 16.8. The van der Waals surface area contributed by atoms with Crippen LogP contribution in [-0.2, 0) is 6.42 Å². The van der Waals surface area contributed by atoms with Crippen LogP contribution in [0.5, 0.6) is 0 Å². The van der Waals surface area contributed by atoms with Crippen molar-refractivity contribution < 1.29 is 4.79 Å². The number of nitrogens with one attached hydrogen (secondary N) is 2. The van der Waals surface area contributed by atoms with Crippen molar-refractivity contribution in [2.24, 2.45) is 17.1 Å². The van der Waals surface area contributed by atoms with Gasteiger partial charge in [-0.25, -0.2) is 0 Å². The lowest BCUT2D eigenvalue weighted by molar-refractivity contribution is 0.0744. The summed E-state index contributed by atoms with van der Waals surface area (Å²) in [5.41, 5.74) is 7.17. The third-order valence-electron chi connectivity index (χ3n) is 5.32. The van der Waals surface area contributed by atoms with E-state index < -0.39 is 0 Å². The van der Waals surface area contributed by atoms with Crippen molar-refractivity contribution in [3.63, 3.8) is 0 Å². The number of carbonyl (C=O) groups excluding carboxylic acids is 1. The first-order chi connectivity index (χ1) is 10.8. The lowest BCUT2D eigenvalue weighted by atomic mass is 9.73. The fraction of sp³-hybridized carbons (Fsp3) is 0.529. The molecule has 3 rings (SSSR count). The van der Waals surface area contributed by atoms with E-state index in [1.54, 1.807) is 0 Å². The topological polar surface area (TPSA) is 79.0 Å². The Hall–Kier alpha value is -1.26. The molecule has 2 aliphatic rings. The predicted octanol–water partition coefficient (Wildman–Crippen LogP) is 4.28. The molecule has 0 aliphatic heterocycles. The molecule has 0 saturated heterocycles. The molecule has 0 heterocycles. The molecular weight excluding hydrogens is 333 g/mol. The summed E-state index contributed by atoms with van der Waals surface area (Å²) in [5.74, 6) is 0.569. The van der Waals surface area contributed by atoms with E-state index in [-0.39, 0.29) is 23.6 Å². The molecule has 2 aliphatic carbocycles. The van der Waals surface area contributed by atoms with Gasteiger partial charge in [0.25, 0.3) is 0 Å². The van der Waals surface area contributed by atoms with Gasteiger partial charge in [0.15, 0.2) is 5.78 Å². The molecule has 0 spiro atoms. The maximum absolute atomic E-state index is 13.0. The average molecular weight is 354 g/mol. The van der Waals surface area contributed by atoms with Crippen LogP contribution >= 0.6 is 23.2 Å². The summed E-state index contributed by atoms with van der Waals surface area (Å²) in [6.45, 7) is 2.26. The van der Waals surface area contributed by atoms with Crippen LogP contribution in [0.15, 0.2) is 6.07 Å². The third-order valence-corrected chi connectivity index (χ3v) is 6.18. The minimum atomic E-state index is -0.370. The number of nitrogens with two attached hydrogens (primary N) is 1. The second kappa shape index (κ2) is 5.99. The number of ketones is 1. The lowest BCUT2D eigenvalue weighted by Gasteiger charge is -2.29. The number of halogens is 2. The van der Waals surface area contributed by atoms with Gasteiger partial charge in [0.05, 0.1) is 22.3 Å². The average Bonchev–Trinajstić information content (AvgIpc) is 3.10. The highest BCUT2D eigenvalue weighted by molar-refractivity contribution is 6.46. The van der Waals surface area contributed by atoms with Crippen LogP contribution in [0.3, 0.4) is 0 Å². The Bertz CT molecular complexity index is 683. The molecule has 6 heteroatoms. The molecule has 124 valence electrons. The van der Waals surface area contributed by atoms with E-state index in [0.29, 0.717) is 33.6 Å². The van der Waals surface area contributed by atoms with Crippen LogP contribution in [0.1, 0.15) is 48.5 Å². The Morgan fingerprint density at radius 1 is 1.39 bits per heavy atom. The zero-order valence-electron chi connectivity index (χ0n) is 13.1. The van der Waals surface area contributed by atoms with Crippen molar-refractivity contribution in [2.45, 2.75) is 39.0 Å². The maximum atomic E-state index is 13.0. The number of carbonyl (C=O) groups is 1. The summed E-state index contributed by atoms with van der Waals surface area (Å²) in [5, 5.41) is 11.0. The van der Waals surface area contributed by atoms with Crippen LogP contribution in [0.4, 0.5) is 5.69 Å². The van der Waals surface area contributed by atoms with Crippen molar-refractivity contribution in [1.29, 1.82) is 5.41 Å². The van der Waals surface area contributed by atoms with Gasteiger partial charge in [-0.1, -0.05) is 43.0 Å². The van der Waals surface area contributed by atoms with Crippen molar-refractivity contribution >= 4 is 40.5 Å². The van der Waals surface area contributed by atoms with Crippen molar-refractivity contribution in [3.8, 4) is 0 Å². The third kappa shape index (κ3) is 2.72. The smallest absolute Gasteiger partial charge is 0.171 e. The van der Waals surface area contributed by atoms with E-state index in [1.807, 2.05) is 6.07 Å². The number of hydrogen-bond donors (Lipinski definition) is 3. The number of rotatable bonds is 4. The fourth-order valence-electron chi connectivity index (χ4n) is 4.04. The number of amidine groups is 1. The van der Waals surface area contributed by atoms with Crippen LogP contribution in [0, 0.1) is 16.7 Å². The van der Waals surface area contributed by atoms with Gasteiger partial charge in [-0.2, -0.15) is 0 Å². The number of benzene rings is 1. The summed E-state index contributed by atoms with van der Waals surface area (Å²) in [6, 6.07) is 1.89. The van der Waals surface area contributed by atoms with Crippen molar-refractivity contribution in [1.82, 2.24) is 0 Å². The first-order valence-electron chi connectivity index (χ1n) is 7.97. The van der Waals surface area contributed by atoms with Gasteiger partial charge >= 0.3 is 0 Å². The molecule has 0 amide bonds. The summed E-state index contributed by atoms with van der Waals surface area (Å²) in [6.07, 6.45) is 5.32. The van der Waals surface area contributed by atoms with Gasteiger partial charge < -0.3 is 11.1 Å². The van der Waals surface area contributed by atoms with E-state index in [0.717, 1.165) is 18.4 Å². The second-order valence-electron chi connectivity index (χ2n) is 6.87. The molecule has 1 aromatic rings. The zero-order valence-corrected chi connectivity index (χ0v) is 14.7. The van der Waals surface area contributed by atoms with Crippen molar-refractivity contribution in [3.05, 3.63) is 27.2 Å². The minimum absolute atomic E-state index is 0.0181. The highest BCUT2D eigenvalue weighted by atomic mass is 35.5. The first-order valence-corrected chi connectivity index (χ1v) is 8.72. The normalized spacial score (nSPS) is 24.0. The van der Waals surface area contributed by atoms with E-state index >= 15 is 0 Å². The van der Waals surface area contributed by atoms with Gasteiger partial charge in [-0.3, -0.25) is 10.2 Å². The van der Waals surface area contributed by atoms with E-state index in [2.05, 4.69) is 12.2 Å². The molecule has 4 N–H and O–H groups in total. The summed E-state index contributed by atoms with van der Waals surface area (Å²) < 4.78 is 0. The number of Topliss-reactive ketones (excluding diaryl/α,β-unsaturated/α-hetero) is 1. The van der Waals surface area contributed by atoms with Gasteiger partial charge in [0, 0.05) is 11.0 Å². The van der Waals surface area contributed by atoms with Crippen LogP contribution < -0.4 is 11.1 Å². The molecule has 1 unspecified atom stereocenters. The lowest BCUT2D eigenvalue weighted by Crippen LogP contribution is -2.32. The summed E-state index contributed by atoms with van der Waals surface area (Å²) in [7, 11) is 0. The molecule has 0 radical (unpaired) electrons. The molecule has 1 fully saturated rings. The first kappa shape index (κ1) is 16.6. The molecule has 1 saturated carbocycles. The Labute approximate surface area is 146 Å². The van der Waals surface area contributed by atoms with Crippen LogP contribution in [0.2, 0.25) is 10.0 Å². The standard InChI is InChI=1S/C17H21Cl2N3O/c1-17(10-4-2-3-5-10)7-9-6-11(22-8-12(20)21)14(18)15(19)13(9)16(17)23/h6,10,22H,2-5,7-8H2,1H3,(H3,20,21). The molecule has 1 aromatic carbocycles. The molecular formula is C17H21Cl2N3O. The van der Waals surface area contributed by atoms with Gasteiger partial charge in [0.2, 0.25) is 0 Å². The Morgan fingerprint density at radius 2 is 2.04 bits per heavy atom. The van der Waals surface area contributed by atoms with Gasteiger partial charge in [0.1, 0.15) is 5.84 Å². The number of fused-ring (bicyclic) bond motifs is 1. The predicted molar refractivity (Wildman–Crippen MR) is 95.0 cm³/mol. The number of anilines is 1. The van der Waals surface area contributed by atoms with Crippen molar-refractivity contribution in [2.75, 3.05) is 11.9 Å². The maximum Gasteiger partial charge on any atom is 0.171 e. The summed E-state index contributed by atoms with van der Waals surface area (Å²) in [4.78, 5) is 13.0. The Balaban J connectivity index is 1.98. The molecule has 0 bridgehead atoms. The quantitative estimate of drug-likeness (QED) is 0.558. The monoisotopic (exact) mass is 353 g/mol. The summed E-state index contributed by atoms with van der Waals surface area (Å²) >= 11 is 12.7. The molecule has 0 aromatic heterocycles. The Morgan fingerprint density at radius 3 is 2.65 bits per heavy atom. The van der Waals surface area contributed by atoms with E-state index in [4.69, 9.17) is 34.3 Å².